The van der Waals surface area contributed by atoms with E-state index >= 15 is 0 Å². The maximum absolute atomic E-state index is 4.35. The molecule has 2 rings (SSSR count). The van der Waals surface area contributed by atoms with Crippen LogP contribution in [0.2, 0.25) is 0 Å². The van der Waals surface area contributed by atoms with E-state index in [4.69, 9.17) is 0 Å². The molecule has 2 heterocycles. The van der Waals surface area contributed by atoms with Gasteiger partial charge >= 0.3 is 0 Å². The van der Waals surface area contributed by atoms with Crippen molar-refractivity contribution in [2.24, 2.45) is 5.41 Å². The Bertz CT molecular complexity index is 424. The zero-order valence-corrected chi connectivity index (χ0v) is 13.4. The van der Waals surface area contributed by atoms with E-state index in [9.17, 15) is 0 Å². The molecule has 1 aliphatic heterocycles. The molecule has 112 valence electrons. The topological polar surface area (TPSA) is 28.2 Å². The molecule has 0 aromatic carbocycles. The quantitative estimate of drug-likeness (QED) is 0.860. The Morgan fingerprint density at radius 2 is 2.10 bits per heavy atom. The van der Waals surface area contributed by atoms with Gasteiger partial charge in [0.25, 0.3) is 0 Å². The zero-order chi connectivity index (χ0) is 14.6. The highest BCUT2D eigenvalue weighted by Gasteiger charge is 2.35. The summed E-state index contributed by atoms with van der Waals surface area (Å²) in [7, 11) is 0. The minimum absolute atomic E-state index is 0.512. The van der Waals surface area contributed by atoms with Gasteiger partial charge in [-0.25, -0.2) is 0 Å². The van der Waals surface area contributed by atoms with Crippen molar-refractivity contribution in [3.63, 3.8) is 0 Å². The van der Waals surface area contributed by atoms with Gasteiger partial charge in [0.05, 0.1) is 11.9 Å². The molecule has 3 nitrogen and oxygen atoms in total. The van der Waals surface area contributed by atoms with E-state index in [1.807, 2.05) is 12.4 Å². The van der Waals surface area contributed by atoms with E-state index in [-0.39, 0.29) is 0 Å². The third-order valence-electron chi connectivity index (χ3n) is 4.87. The second-order valence-corrected chi connectivity index (χ2v) is 6.42. The van der Waals surface area contributed by atoms with E-state index in [1.54, 1.807) is 0 Å². The number of aromatic nitrogens is 1. The highest BCUT2D eigenvalue weighted by atomic mass is 15.2. The Morgan fingerprint density at radius 3 is 2.70 bits per heavy atom. The highest BCUT2D eigenvalue weighted by Crippen LogP contribution is 2.39. The van der Waals surface area contributed by atoms with Crippen molar-refractivity contribution in [3.8, 4) is 0 Å². The van der Waals surface area contributed by atoms with Crippen LogP contribution < -0.4 is 10.2 Å². The summed E-state index contributed by atoms with van der Waals surface area (Å²) >= 11 is 0. The van der Waals surface area contributed by atoms with Crippen LogP contribution in [0.4, 0.5) is 5.69 Å². The second-order valence-electron chi connectivity index (χ2n) is 6.42. The van der Waals surface area contributed by atoms with Crippen LogP contribution in [0, 0.1) is 5.41 Å². The van der Waals surface area contributed by atoms with Gasteiger partial charge in [-0.1, -0.05) is 27.7 Å². The first-order chi connectivity index (χ1) is 9.60. The molecule has 0 spiro atoms. The number of nitrogens with one attached hydrogen (secondary N) is 1. The van der Waals surface area contributed by atoms with Crippen LogP contribution in [-0.4, -0.2) is 24.1 Å². The van der Waals surface area contributed by atoms with Crippen molar-refractivity contribution >= 4 is 5.69 Å². The van der Waals surface area contributed by atoms with Gasteiger partial charge in [-0.2, -0.15) is 0 Å². The molecular formula is C17H29N3. The van der Waals surface area contributed by atoms with E-state index in [1.165, 1.54) is 43.6 Å². The van der Waals surface area contributed by atoms with Crippen LogP contribution >= 0.6 is 0 Å². The summed E-state index contributed by atoms with van der Waals surface area (Å²) in [5.41, 5.74) is 3.21. The molecule has 0 aliphatic carbocycles. The molecule has 0 atom stereocenters. The summed E-state index contributed by atoms with van der Waals surface area (Å²) < 4.78 is 0. The number of hydrogen-bond acceptors (Lipinski definition) is 3. The smallest absolute Gasteiger partial charge is 0.0598 e. The summed E-state index contributed by atoms with van der Waals surface area (Å²) in [6.45, 7) is 12.3. The maximum atomic E-state index is 4.35. The van der Waals surface area contributed by atoms with Gasteiger partial charge in [-0.05, 0) is 36.3 Å². The van der Waals surface area contributed by atoms with Gasteiger partial charge < -0.3 is 10.2 Å². The SMILES string of the molecule is CCC1(CC)CCN(c2cnccc2CNC(C)C)C1. The van der Waals surface area contributed by atoms with Gasteiger partial charge in [0.15, 0.2) is 0 Å². The minimum atomic E-state index is 0.512. The first-order valence-electron chi connectivity index (χ1n) is 8.01. The molecule has 0 unspecified atom stereocenters. The van der Waals surface area contributed by atoms with Crippen LogP contribution in [0.25, 0.3) is 0 Å². The van der Waals surface area contributed by atoms with Crippen molar-refractivity contribution in [1.29, 1.82) is 0 Å². The molecule has 20 heavy (non-hydrogen) atoms. The zero-order valence-electron chi connectivity index (χ0n) is 13.4. The van der Waals surface area contributed by atoms with Gasteiger partial charge in [-0.15, -0.1) is 0 Å². The van der Waals surface area contributed by atoms with Crippen molar-refractivity contribution in [2.75, 3.05) is 18.0 Å². The molecule has 0 saturated carbocycles. The fourth-order valence-corrected chi connectivity index (χ4v) is 3.13. The van der Waals surface area contributed by atoms with Crippen molar-refractivity contribution < 1.29 is 0 Å². The van der Waals surface area contributed by atoms with E-state index < -0.39 is 0 Å². The first-order valence-corrected chi connectivity index (χ1v) is 8.01. The predicted molar refractivity (Wildman–Crippen MR) is 86.1 cm³/mol. The summed E-state index contributed by atoms with van der Waals surface area (Å²) in [6.07, 6.45) is 7.81. The third kappa shape index (κ3) is 3.32. The molecule has 0 bridgehead atoms. The van der Waals surface area contributed by atoms with Gasteiger partial charge in [0.2, 0.25) is 0 Å². The molecule has 0 amide bonds. The Labute approximate surface area is 123 Å². The third-order valence-corrected chi connectivity index (χ3v) is 4.87. The molecule has 0 radical (unpaired) electrons. The van der Waals surface area contributed by atoms with Crippen LogP contribution in [0.3, 0.4) is 0 Å². The number of anilines is 1. The number of rotatable bonds is 6. The van der Waals surface area contributed by atoms with Crippen molar-refractivity contribution in [2.45, 2.75) is 59.5 Å². The fraction of sp³-hybridized carbons (Fsp3) is 0.706. The van der Waals surface area contributed by atoms with Gasteiger partial charge in [0, 0.05) is 31.9 Å². The number of pyridine rings is 1. The van der Waals surface area contributed by atoms with E-state index in [0.717, 1.165) is 6.54 Å². The standard InChI is InChI=1S/C17H29N3/c1-5-17(6-2)8-10-20(13-17)16-12-18-9-7-15(16)11-19-14(3)4/h7,9,12,14,19H,5-6,8,10-11,13H2,1-4H3. The lowest BCUT2D eigenvalue weighted by molar-refractivity contribution is 0.301. The molecule has 1 aliphatic rings. The summed E-state index contributed by atoms with van der Waals surface area (Å²) in [4.78, 5) is 6.89. The molecule has 1 aromatic rings. The fourth-order valence-electron chi connectivity index (χ4n) is 3.13. The molecule has 3 heteroatoms. The lowest BCUT2D eigenvalue weighted by atomic mass is 9.82. The maximum Gasteiger partial charge on any atom is 0.0598 e. The normalized spacial score (nSPS) is 17.9. The average molecular weight is 275 g/mol. The molecule has 1 fully saturated rings. The monoisotopic (exact) mass is 275 g/mol. The van der Waals surface area contributed by atoms with Crippen LogP contribution in [0.5, 0.6) is 0 Å². The Kier molecular flexibility index (Phi) is 5.03. The number of nitrogens with zero attached hydrogens (tertiary/aromatic N) is 2. The van der Waals surface area contributed by atoms with E-state index in [0.29, 0.717) is 11.5 Å². The molecule has 1 saturated heterocycles. The Morgan fingerprint density at radius 1 is 1.35 bits per heavy atom. The lowest BCUT2D eigenvalue weighted by Gasteiger charge is -2.28. The highest BCUT2D eigenvalue weighted by molar-refractivity contribution is 5.52. The minimum Gasteiger partial charge on any atom is -0.369 e. The summed E-state index contributed by atoms with van der Waals surface area (Å²) in [6, 6.07) is 2.67. The largest absolute Gasteiger partial charge is 0.369 e. The molecule has 1 N–H and O–H groups in total. The summed E-state index contributed by atoms with van der Waals surface area (Å²) in [5.74, 6) is 0. The Balaban J connectivity index is 2.13. The lowest BCUT2D eigenvalue weighted by Crippen LogP contribution is -2.28. The second kappa shape index (κ2) is 6.57. The van der Waals surface area contributed by atoms with Gasteiger partial charge in [-0.3, -0.25) is 4.98 Å². The first kappa shape index (κ1) is 15.3. The predicted octanol–water partition coefficient (Wildman–Crippen LogP) is 3.60. The van der Waals surface area contributed by atoms with Crippen LogP contribution in [0.1, 0.15) is 52.5 Å². The van der Waals surface area contributed by atoms with Crippen LogP contribution in [-0.2, 0) is 6.54 Å². The molecular weight excluding hydrogens is 246 g/mol. The number of hydrogen-bond donors (Lipinski definition) is 1. The van der Waals surface area contributed by atoms with Crippen molar-refractivity contribution in [1.82, 2.24) is 10.3 Å². The van der Waals surface area contributed by atoms with Gasteiger partial charge in [0.1, 0.15) is 0 Å². The molecule has 1 aromatic heterocycles. The van der Waals surface area contributed by atoms with Crippen LogP contribution in [0.15, 0.2) is 18.5 Å². The Hall–Kier alpha value is -1.09. The van der Waals surface area contributed by atoms with Crippen molar-refractivity contribution in [3.05, 3.63) is 24.0 Å². The average Bonchev–Trinajstić information content (AvgIpc) is 2.90. The summed E-state index contributed by atoms with van der Waals surface area (Å²) in [5, 5.41) is 3.52. The van der Waals surface area contributed by atoms with E-state index in [2.05, 4.69) is 49.0 Å².